The fourth-order valence-electron chi connectivity index (χ4n) is 4.45. The SMILES string of the molecule is COC(=O)[C@H](CCN(CCCCc1ccc2c(n1)NCCC2)C[C@H](O)N(C)C)NC(=O)OCc1ccccc1. The van der Waals surface area contributed by atoms with Gasteiger partial charge in [-0.25, -0.2) is 14.6 Å². The Kier molecular flexibility index (Phi) is 12.5. The van der Waals surface area contributed by atoms with Gasteiger partial charge in [0.2, 0.25) is 0 Å². The molecular weight excluding hydrogens is 498 g/mol. The summed E-state index contributed by atoms with van der Waals surface area (Å²) in [5.41, 5.74) is 3.21. The molecule has 0 radical (unpaired) electrons. The average molecular weight is 542 g/mol. The van der Waals surface area contributed by atoms with Crippen LogP contribution in [0.1, 0.15) is 42.5 Å². The van der Waals surface area contributed by atoms with Gasteiger partial charge in [0.05, 0.1) is 7.11 Å². The van der Waals surface area contributed by atoms with Crippen molar-refractivity contribution in [3.63, 3.8) is 0 Å². The summed E-state index contributed by atoms with van der Waals surface area (Å²) in [7, 11) is 4.94. The van der Waals surface area contributed by atoms with Crippen molar-refractivity contribution in [2.24, 2.45) is 0 Å². The lowest BCUT2D eigenvalue weighted by molar-refractivity contribution is -0.143. The van der Waals surface area contributed by atoms with Crippen molar-refractivity contribution in [3.05, 3.63) is 59.3 Å². The summed E-state index contributed by atoms with van der Waals surface area (Å²) in [6.45, 7) is 2.72. The molecule has 0 saturated carbocycles. The molecular formula is C29H43N5O5. The lowest BCUT2D eigenvalue weighted by Crippen LogP contribution is -2.46. The number of amides is 1. The van der Waals surface area contributed by atoms with E-state index in [0.29, 0.717) is 19.5 Å². The highest BCUT2D eigenvalue weighted by atomic mass is 16.6. The first-order chi connectivity index (χ1) is 18.9. The third-order valence-electron chi connectivity index (χ3n) is 6.85. The maximum atomic E-state index is 12.4. The molecule has 1 aromatic heterocycles. The average Bonchev–Trinajstić information content (AvgIpc) is 2.95. The van der Waals surface area contributed by atoms with Gasteiger partial charge in [-0.2, -0.15) is 0 Å². The van der Waals surface area contributed by atoms with Crippen LogP contribution in [0.25, 0.3) is 0 Å². The zero-order valence-electron chi connectivity index (χ0n) is 23.4. The maximum Gasteiger partial charge on any atom is 0.408 e. The summed E-state index contributed by atoms with van der Waals surface area (Å²) < 4.78 is 10.2. The summed E-state index contributed by atoms with van der Waals surface area (Å²) >= 11 is 0. The second-order valence-electron chi connectivity index (χ2n) is 10.1. The van der Waals surface area contributed by atoms with E-state index in [1.54, 1.807) is 4.90 Å². The lowest BCUT2D eigenvalue weighted by atomic mass is 10.1. The number of benzene rings is 1. The normalized spacial score (nSPS) is 14.3. The molecule has 0 bridgehead atoms. The molecule has 0 aliphatic carbocycles. The number of carbonyl (C=O) groups excluding carboxylic acids is 2. The first-order valence-corrected chi connectivity index (χ1v) is 13.7. The van der Waals surface area contributed by atoms with Crippen LogP contribution in [0.4, 0.5) is 10.6 Å². The van der Waals surface area contributed by atoms with E-state index in [-0.39, 0.29) is 6.61 Å². The zero-order chi connectivity index (χ0) is 28.0. The number of aliphatic hydroxyl groups is 1. The Morgan fingerprint density at radius 3 is 2.67 bits per heavy atom. The minimum Gasteiger partial charge on any atom is -0.467 e. The molecule has 1 amide bonds. The Bertz CT molecular complexity index is 1040. The fraction of sp³-hybridized carbons (Fsp3) is 0.552. The smallest absolute Gasteiger partial charge is 0.408 e. The summed E-state index contributed by atoms with van der Waals surface area (Å²) in [6, 6.07) is 12.8. The maximum absolute atomic E-state index is 12.4. The van der Waals surface area contributed by atoms with Crippen molar-refractivity contribution in [2.75, 3.05) is 52.7 Å². The molecule has 39 heavy (non-hydrogen) atoms. The lowest BCUT2D eigenvalue weighted by Gasteiger charge is -2.29. The Hall–Kier alpha value is -3.21. The van der Waals surface area contributed by atoms with Crippen molar-refractivity contribution in [2.45, 2.75) is 57.4 Å². The predicted molar refractivity (Wildman–Crippen MR) is 150 cm³/mol. The van der Waals surface area contributed by atoms with Gasteiger partial charge in [-0.3, -0.25) is 9.80 Å². The molecule has 1 aromatic carbocycles. The molecule has 0 saturated heterocycles. The van der Waals surface area contributed by atoms with Crippen LogP contribution in [0.2, 0.25) is 0 Å². The molecule has 1 aliphatic heterocycles. The predicted octanol–water partition coefficient (Wildman–Crippen LogP) is 2.80. The van der Waals surface area contributed by atoms with Crippen LogP contribution in [0.5, 0.6) is 0 Å². The van der Waals surface area contributed by atoms with E-state index in [0.717, 1.165) is 62.3 Å². The van der Waals surface area contributed by atoms with Crippen LogP contribution in [0, 0.1) is 0 Å². The number of alkyl carbamates (subject to hydrolysis) is 1. The molecule has 10 nitrogen and oxygen atoms in total. The number of unbranched alkanes of at least 4 members (excludes halogenated alkanes) is 1. The summed E-state index contributed by atoms with van der Waals surface area (Å²) in [5, 5.41) is 16.5. The molecule has 2 atom stereocenters. The Morgan fingerprint density at radius 1 is 1.13 bits per heavy atom. The molecule has 1 aliphatic rings. The van der Waals surface area contributed by atoms with E-state index in [1.165, 1.54) is 12.7 Å². The van der Waals surface area contributed by atoms with Crippen LogP contribution >= 0.6 is 0 Å². The highest BCUT2D eigenvalue weighted by Crippen LogP contribution is 2.20. The Balaban J connectivity index is 1.50. The van der Waals surface area contributed by atoms with Gasteiger partial charge in [-0.05, 0) is 76.4 Å². The molecule has 0 fully saturated rings. The van der Waals surface area contributed by atoms with Crippen molar-refractivity contribution in [1.29, 1.82) is 0 Å². The summed E-state index contributed by atoms with van der Waals surface area (Å²) in [6.07, 6.45) is 3.94. The van der Waals surface area contributed by atoms with Gasteiger partial charge in [-0.1, -0.05) is 36.4 Å². The zero-order valence-corrected chi connectivity index (χ0v) is 23.4. The third-order valence-corrected chi connectivity index (χ3v) is 6.85. The van der Waals surface area contributed by atoms with Gasteiger partial charge in [-0.15, -0.1) is 0 Å². The molecule has 0 unspecified atom stereocenters. The number of likely N-dealkylation sites (N-methyl/N-ethyl adjacent to an activating group) is 1. The Labute approximate surface area is 231 Å². The van der Waals surface area contributed by atoms with Gasteiger partial charge in [0.25, 0.3) is 0 Å². The van der Waals surface area contributed by atoms with Gasteiger partial charge in [0, 0.05) is 25.3 Å². The molecule has 3 rings (SSSR count). The van der Waals surface area contributed by atoms with E-state index in [4.69, 9.17) is 14.5 Å². The largest absolute Gasteiger partial charge is 0.467 e. The van der Waals surface area contributed by atoms with E-state index < -0.39 is 24.3 Å². The molecule has 214 valence electrons. The van der Waals surface area contributed by atoms with Gasteiger partial charge in [0.15, 0.2) is 0 Å². The first-order valence-electron chi connectivity index (χ1n) is 13.7. The van der Waals surface area contributed by atoms with Crippen LogP contribution in [-0.2, 0) is 33.7 Å². The fourth-order valence-corrected chi connectivity index (χ4v) is 4.45. The number of hydrogen-bond donors (Lipinski definition) is 3. The number of ether oxygens (including phenoxy) is 2. The standard InChI is InChI=1S/C29H43N5O5/c1-33(2)26(35)20-34(18-8-7-13-24-15-14-23-12-9-17-30-27(23)31-24)19-16-25(28(36)38-3)32-29(37)39-21-22-10-5-4-6-11-22/h4-6,10-11,14-15,25-26,35H,7-9,12-13,16-21H2,1-3H3,(H,30,31)(H,32,37)/t25-,26-/m0/s1. The number of esters is 1. The van der Waals surface area contributed by atoms with E-state index in [1.807, 2.05) is 44.4 Å². The number of aryl methyl sites for hydroxylation is 2. The second-order valence-corrected chi connectivity index (χ2v) is 10.1. The molecule has 3 N–H and O–H groups in total. The highest BCUT2D eigenvalue weighted by molar-refractivity contribution is 5.81. The summed E-state index contributed by atoms with van der Waals surface area (Å²) in [4.78, 5) is 33.4. The number of methoxy groups -OCH3 is 1. The first kappa shape index (κ1) is 30.3. The Morgan fingerprint density at radius 2 is 1.92 bits per heavy atom. The number of aliphatic hydroxyl groups excluding tert-OH is 1. The van der Waals surface area contributed by atoms with E-state index in [2.05, 4.69) is 27.7 Å². The van der Waals surface area contributed by atoms with Crippen molar-refractivity contribution < 1.29 is 24.2 Å². The number of fused-ring (bicyclic) bond motifs is 1. The van der Waals surface area contributed by atoms with E-state index in [9.17, 15) is 14.7 Å². The number of hydrogen-bond acceptors (Lipinski definition) is 9. The number of rotatable bonds is 15. The van der Waals surface area contributed by atoms with Crippen LogP contribution in [0.15, 0.2) is 42.5 Å². The molecule has 0 spiro atoms. The number of nitrogens with one attached hydrogen (secondary N) is 2. The minimum absolute atomic E-state index is 0.108. The number of carbonyl (C=O) groups is 2. The second kappa shape index (κ2) is 16.0. The van der Waals surface area contributed by atoms with Gasteiger partial charge >= 0.3 is 12.1 Å². The van der Waals surface area contributed by atoms with Crippen LogP contribution in [0.3, 0.4) is 0 Å². The number of pyridine rings is 1. The quantitative estimate of drug-likeness (QED) is 0.178. The number of aromatic nitrogens is 1. The van der Waals surface area contributed by atoms with Crippen molar-refractivity contribution in [1.82, 2.24) is 20.1 Å². The minimum atomic E-state index is -0.857. The van der Waals surface area contributed by atoms with E-state index >= 15 is 0 Å². The van der Waals surface area contributed by atoms with Crippen molar-refractivity contribution in [3.8, 4) is 0 Å². The number of anilines is 1. The van der Waals surface area contributed by atoms with Crippen molar-refractivity contribution >= 4 is 17.9 Å². The van der Waals surface area contributed by atoms with Gasteiger partial charge in [0.1, 0.15) is 24.7 Å². The highest BCUT2D eigenvalue weighted by Gasteiger charge is 2.24. The monoisotopic (exact) mass is 541 g/mol. The number of nitrogens with zero attached hydrogens (tertiary/aromatic N) is 3. The topological polar surface area (TPSA) is 116 Å². The molecule has 10 heteroatoms. The van der Waals surface area contributed by atoms with Gasteiger partial charge < -0.3 is 25.2 Å². The third kappa shape index (κ3) is 10.5. The molecule has 2 heterocycles. The summed E-state index contributed by atoms with van der Waals surface area (Å²) in [5.74, 6) is 0.477. The van der Waals surface area contributed by atoms with Crippen LogP contribution in [-0.4, -0.2) is 91.6 Å². The molecule has 2 aromatic rings. The van der Waals surface area contributed by atoms with Crippen LogP contribution < -0.4 is 10.6 Å².